The summed E-state index contributed by atoms with van der Waals surface area (Å²) in [6.45, 7) is 0.185. The van der Waals surface area contributed by atoms with Crippen molar-refractivity contribution in [1.82, 2.24) is 4.72 Å². The molecule has 19 heavy (non-hydrogen) atoms. The lowest BCUT2D eigenvalue weighted by molar-refractivity contribution is -0.387. The summed E-state index contributed by atoms with van der Waals surface area (Å²) in [5.74, 6) is 0.238. The molecule has 3 N–H and O–H groups in total. The number of rotatable bonds is 6. The van der Waals surface area contributed by atoms with Crippen molar-refractivity contribution >= 4 is 15.7 Å². The number of sulfonamides is 1. The minimum atomic E-state index is -3.92. The second-order valence-electron chi connectivity index (χ2n) is 4.53. The summed E-state index contributed by atoms with van der Waals surface area (Å²) >= 11 is 0. The van der Waals surface area contributed by atoms with Crippen molar-refractivity contribution in [3.05, 3.63) is 34.4 Å². The Hall–Kier alpha value is -1.51. The van der Waals surface area contributed by atoms with Crippen molar-refractivity contribution in [3.63, 3.8) is 0 Å². The topological polar surface area (TPSA) is 115 Å². The highest BCUT2D eigenvalue weighted by atomic mass is 32.2. The lowest BCUT2D eigenvalue weighted by atomic mass is 10.2. The van der Waals surface area contributed by atoms with Crippen LogP contribution in [-0.4, -0.2) is 25.9 Å². The molecule has 1 aliphatic carbocycles. The Labute approximate surface area is 111 Å². The summed E-state index contributed by atoms with van der Waals surface area (Å²) in [4.78, 5) is 9.83. The quantitative estimate of drug-likeness (QED) is 0.587. The highest BCUT2D eigenvalue weighted by Gasteiger charge is 2.35. The normalized spacial score (nSPS) is 17.1. The third kappa shape index (κ3) is 3.09. The maximum absolute atomic E-state index is 12.2. The molecule has 104 valence electrons. The van der Waals surface area contributed by atoms with Crippen LogP contribution in [0.3, 0.4) is 0 Å². The highest BCUT2D eigenvalue weighted by molar-refractivity contribution is 7.89. The van der Waals surface area contributed by atoms with Crippen LogP contribution >= 0.6 is 0 Å². The smallest absolute Gasteiger partial charge is 0.289 e. The molecular formula is C11H15N3O4S. The summed E-state index contributed by atoms with van der Waals surface area (Å²) in [5.41, 5.74) is 5.11. The zero-order valence-electron chi connectivity index (χ0n) is 10.2. The van der Waals surface area contributed by atoms with E-state index in [1.54, 1.807) is 0 Å². The van der Waals surface area contributed by atoms with Gasteiger partial charge in [0.15, 0.2) is 4.90 Å². The zero-order valence-corrected chi connectivity index (χ0v) is 11.0. The van der Waals surface area contributed by atoms with Gasteiger partial charge in [-0.1, -0.05) is 12.1 Å². The first kappa shape index (κ1) is 13.9. The van der Waals surface area contributed by atoms with Crippen LogP contribution in [-0.2, 0) is 10.0 Å². The Balaban J connectivity index is 2.31. The second-order valence-corrected chi connectivity index (χ2v) is 6.21. The molecule has 2 rings (SSSR count). The summed E-state index contributed by atoms with van der Waals surface area (Å²) < 4.78 is 26.8. The average molecular weight is 285 g/mol. The number of para-hydroxylation sites is 1. The van der Waals surface area contributed by atoms with Gasteiger partial charge in [0, 0.05) is 18.7 Å². The van der Waals surface area contributed by atoms with Gasteiger partial charge in [0.1, 0.15) is 0 Å². The summed E-state index contributed by atoms with van der Waals surface area (Å²) in [7, 11) is -3.92. The minimum Gasteiger partial charge on any atom is -0.329 e. The van der Waals surface area contributed by atoms with Crippen molar-refractivity contribution < 1.29 is 13.3 Å². The Kier molecular flexibility index (Phi) is 3.83. The van der Waals surface area contributed by atoms with Crippen LogP contribution in [0, 0.1) is 16.0 Å². The van der Waals surface area contributed by atoms with Gasteiger partial charge in [0.05, 0.1) is 4.92 Å². The number of nitro groups is 1. The van der Waals surface area contributed by atoms with E-state index in [2.05, 4.69) is 4.72 Å². The predicted octanol–water partition coefficient (Wildman–Crippen LogP) is 0.610. The van der Waals surface area contributed by atoms with Crippen molar-refractivity contribution in [2.24, 2.45) is 11.7 Å². The molecule has 8 heteroatoms. The van der Waals surface area contributed by atoms with Crippen molar-refractivity contribution in [1.29, 1.82) is 0 Å². The number of hydrogen-bond donors (Lipinski definition) is 2. The number of nitrogens with two attached hydrogens (primary N) is 1. The van der Waals surface area contributed by atoms with Gasteiger partial charge in [-0.3, -0.25) is 10.1 Å². The molecule has 1 aromatic carbocycles. The van der Waals surface area contributed by atoms with E-state index in [1.165, 1.54) is 24.3 Å². The molecule has 0 saturated heterocycles. The first-order valence-corrected chi connectivity index (χ1v) is 7.40. The second kappa shape index (κ2) is 5.24. The molecule has 1 saturated carbocycles. The molecular weight excluding hydrogens is 270 g/mol. The van der Waals surface area contributed by atoms with Crippen molar-refractivity contribution in [2.45, 2.75) is 23.8 Å². The number of nitrogens with one attached hydrogen (secondary N) is 1. The largest absolute Gasteiger partial charge is 0.329 e. The molecule has 1 aliphatic rings. The highest BCUT2D eigenvalue weighted by Crippen LogP contribution is 2.33. The lowest BCUT2D eigenvalue weighted by Crippen LogP contribution is -2.41. The van der Waals surface area contributed by atoms with Crippen LogP contribution < -0.4 is 10.5 Å². The van der Waals surface area contributed by atoms with Gasteiger partial charge >= 0.3 is 0 Å². The standard InChI is InChI=1S/C11H15N3O4S/c12-7-9(8-5-6-8)13-19(17,18)11-4-2-1-3-10(11)14(15)16/h1-4,8-9,13H,5-7,12H2/t9-/m0/s1. The van der Waals surface area contributed by atoms with E-state index in [-0.39, 0.29) is 23.4 Å². The zero-order chi connectivity index (χ0) is 14.0. The Morgan fingerprint density at radius 1 is 1.42 bits per heavy atom. The fourth-order valence-corrected chi connectivity index (χ4v) is 3.42. The molecule has 0 amide bonds. The molecule has 7 nitrogen and oxygen atoms in total. The van der Waals surface area contributed by atoms with E-state index >= 15 is 0 Å². The van der Waals surface area contributed by atoms with Gasteiger partial charge in [0.2, 0.25) is 10.0 Å². The van der Waals surface area contributed by atoms with Gasteiger partial charge < -0.3 is 5.73 Å². The third-order valence-corrected chi connectivity index (χ3v) is 4.64. The number of hydrogen-bond acceptors (Lipinski definition) is 5. The first-order valence-electron chi connectivity index (χ1n) is 5.91. The van der Waals surface area contributed by atoms with E-state index in [1.807, 2.05) is 0 Å². The summed E-state index contributed by atoms with van der Waals surface area (Å²) in [5, 5.41) is 10.9. The molecule has 0 spiro atoms. The number of nitro benzene ring substituents is 1. The SMILES string of the molecule is NC[C@H](NS(=O)(=O)c1ccccc1[N+](=O)[O-])C1CC1. The van der Waals surface area contributed by atoms with Gasteiger partial charge in [-0.15, -0.1) is 0 Å². The molecule has 1 fully saturated rings. The molecule has 0 radical (unpaired) electrons. The van der Waals surface area contributed by atoms with E-state index in [4.69, 9.17) is 5.73 Å². The van der Waals surface area contributed by atoms with E-state index in [0.29, 0.717) is 0 Å². The van der Waals surface area contributed by atoms with E-state index in [9.17, 15) is 18.5 Å². The predicted molar refractivity (Wildman–Crippen MR) is 69.0 cm³/mol. The molecule has 0 aromatic heterocycles. The lowest BCUT2D eigenvalue weighted by Gasteiger charge is -2.16. The summed E-state index contributed by atoms with van der Waals surface area (Å²) in [6, 6.07) is 4.92. The van der Waals surface area contributed by atoms with Gasteiger partial charge in [-0.2, -0.15) is 0 Å². The fraction of sp³-hybridized carbons (Fsp3) is 0.455. The molecule has 0 aliphatic heterocycles. The summed E-state index contributed by atoms with van der Waals surface area (Å²) in [6.07, 6.45) is 1.86. The van der Waals surface area contributed by atoms with Gasteiger partial charge in [-0.05, 0) is 24.8 Å². The van der Waals surface area contributed by atoms with E-state index < -0.39 is 20.6 Å². The van der Waals surface area contributed by atoms with Gasteiger partial charge in [-0.25, -0.2) is 13.1 Å². The Morgan fingerprint density at radius 3 is 2.58 bits per heavy atom. The van der Waals surface area contributed by atoms with Crippen molar-refractivity contribution in [3.8, 4) is 0 Å². The molecule has 1 aromatic rings. The molecule has 0 unspecified atom stereocenters. The third-order valence-electron chi connectivity index (χ3n) is 3.10. The minimum absolute atomic E-state index is 0.185. The number of nitrogens with zero attached hydrogens (tertiary/aromatic N) is 1. The van der Waals surface area contributed by atoms with E-state index in [0.717, 1.165) is 12.8 Å². The monoisotopic (exact) mass is 285 g/mol. The Bertz CT molecular complexity index is 583. The maximum atomic E-state index is 12.2. The molecule has 1 atom stereocenters. The van der Waals surface area contributed by atoms with Crippen LogP contribution in [0.1, 0.15) is 12.8 Å². The fourth-order valence-electron chi connectivity index (χ4n) is 1.93. The van der Waals surface area contributed by atoms with Crippen molar-refractivity contribution in [2.75, 3.05) is 6.54 Å². The average Bonchev–Trinajstić information content (AvgIpc) is 3.20. The van der Waals surface area contributed by atoms with Crippen LogP contribution in [0.2, 0.25) is 0 Å². The van der Waals surface area contributed by atoms with Crippen LogP contribution in [0.5, 0.6) is 0 Å². The molecule has 0 bridgehead atoms. The first-order chi connectivity index (χ1) is 8.95. The Morgan fingerprint density at radius 2 is 2.05 bits per heavy atom. The van der Waals surface area contributed by atoms with Crippen LogP contribution in [0.15, 0.2) is 29.2 Å². The number of benzene rings is 1. The maximum Gasteiger partial charge on any atom is 0.289 e. The van der Waals surface area contributed by atoms with Gasteiger partial charge in [0.25, 0.3) is 5.69 Å². The van der Waals surface area contributed by atoms with Crippen LogP contribution in [0.4, 0.5) is 5.69 Å². The van der Waals surface area contributed by atoms with Crippen LogP contribution in [0.25, 0.3) is 0 Å². The molecule has 0 heterocycles.